The van der Waals surface area contributed by atoms with Crippen LogP contribution >= 0.6 is 0 Å². The molecule has 22 heavy (non-hydrogen) atoms. The van der Waals surface area contributed by atoms with Gasteiger partial charge in [-0.05, 0) is 30.7 Å². The maximum atomic E-state index is 13.9. The highest BCUT2D eigenvalue weighted by atomic mass is 19.1. The second-order valence-electron chi connectivity index (χ2n) is 5.09. The third-order valence-electron chi connectivity index (χ3n) is 3.63. The molecule has 0 fully saturated rings. The summed E-state index contributed by atoms with van der Waals surface area (Å²) in [6.07, 6.45) is 5.61. The summed E-state index contributed by atoms with van der Waals surface area (Å²) in [5.41, 5.74) is 0.0593. The minimum Gasteiger partial charge on any atom is -0.383 e. The quantitative estimate of drug-likeness (QED) is 0.826. The molecular weight excluding hydrogens is 284 g/mol. The predicted molar refractivity (Wildman–Crippen MR) is 83.4 cm³/mol. The molecule has 0 spiro atoms. The summed E-state index contributed by atoms with van der Waals surface area (Å²) in [7, 11) is 0. The van der Waals surface area contributed by atoms with E-state index in [1.165, 1.54) is 6.07 Å². The Balaban J connectivity index is 2.22. The predicted octanol–water partition coefficient (Wildman–Crippen LogP) is 3.66. The Morgan fingerprint density at radius 1 is 1.23 bits per heavy atom. The fraction of sp³-hybridized carbons (Fsp3) is 0.222. The second-order valence-corrected chi connectivity index (χ2v) is 5.09. The molecule has 4 heteroatoms. The first kappa shape index (κ1) is 16.0. The van der Waals surface area contributed by atoms with Crippen molar-refractivity contribution in [3.8, 4) is 12.3 Å². The van der Waals surface area contributed by atoms with Gasteiger partial charge in [-0.15, -0.1) is 6.42 Å². The van der Waals surface area contributed by atoms with Gasteiger partial charge in [0.1, 0.15) is 17.2 Å². The summed E-state index contributed by atoms with van der Waals surface area (Å²) in [4.78, 5) is 0. The minimum atomic E-state index is -1.44. The van der Waals surface area contributed by atoms with Gasteiger partial charge in [-0.2, -0.15) is 0 Å². The van der Waals surface area contributed by atoms with Crippen molar-refractivity contribution in [3.63, 3.8) is 0 Å². The van der Waals surface area contributed by atoms with E-state index in [0.29, 0.717) is 5.56 Å². The van der Waals surface area contributed by atoms with Crippen LogP contribution in [0.5, 0.6) is 0 Å². The highest BCUT2D eigenvalue weighted by Crippen LogP contribution is 2.28. The first-order valence-corrected chi connectivity index (χ1v) is 6.97. The lowest BCUT2D eigenvalue weighted by Gasteiger charge is -2.28. The lowest BCUT2D eigenvalue weighted by molar-refractivity contribution is 0.0426. The highest BCUT2D eigenvalue weighted by molar-refractivity contribution is 5.50. The van der Waals surface area contributed by atoms with Crippen molar-refractivity contribution in [1.29, 1.82) is 0 Å². The fourth-order valence-corrected chi connectivity index (χ4v) is 2.24. The number of nitrogens with one attached hydrogen (secondary N) is 1. The molecule has 0 saturated carbocycles. The number of aliphatic hydroxyl groups is 1. The normalized spacial score (nSPS) is 13.2. The molecule has 2 N–H and O–H groups in total. The Bertz CT molecular complexity index is 708. The first-order chi connectivity index (χ1) is 10.5. The fourth-order valence-electron chi connectivity index (χ4n) is 2.24. The van der Waals surface area contributed by atoms with Crippen molar-refractivity contribution >= 4 is 5.69 Å². The minimum absolute atomic E-state index is 0.0667. The lowest BCUT2D eigenvalue weighted by Crippen LogP contribution is -2.34. The van der Waals surface area contributed by atoms with Crippen molar-refractivity contribution in [2.24, 2.45) is 0 Å². The van der Waals surface area contributed by atoms with Crippen molar-refractivity contribution < 1.29 is 13.9 Å². The summed E-state index contributed by atoms with van der Waals surface area (Å²) in [5, 5.41) is 13.7. The van der Waals surface area contributed by atoms with Gasteiger partial charge in [0, 0.05) is 29.4 Å². The van der Waals surface area contributed by atoms with Crippen LogP contribution in [0.1, 0.15) is 24.5 Å². The maximum absolute atomic E-state index is 13.9. The second kappa shape index (κ2) is 6.59. The van der Waals surface area contributed by atoms with Crippen LogP contribution in [-0.2, 0) is 5.60 Å². The Labute approximate surface area is 128 Å². The van der Waals surface area contributed by atoms with Crippen LogP contribution in [-0.4, -0.2) is 11.7 Å². The van der Waals surface area contributed by atoms with Crippen LogP contribution in [0.25, 0.3) is 0 Å². The van der Waals surface area contributed by atoms with E-state index in [9.17, 15) is 13.9 Å². The Morgan fingerprint density at radius 3 is 2.64 bits per heavy atom. The van der Waals surface area contributed by atoms with Crippen LogP contribution in [0.15, 0.2) is 42.5 Å². The zero-order valence-corrected chi connectivity index (χ0v) is 12.2. The number of benzene rings is 2. The van der Waals surface area contributed by atoms with Gasteiger partial charge >= 0.3 is 0 Å². The Morgan fingerprint density at radius 2 is 2.00 bits per heavy atom. The molecule has 0 bridgehead atoms. The summed E-state index contributed by atoms with van der Waals surface area (Å²) < 4.78 is 26.9. The molecule has 0 saturated heterocycles. The van der Waals surface area contributed by atoms with Crippen LogP contribution in [0.3, 0.4) is 0 Å². The summed E-state index contributed by atoms with van der Waals surface area (Å²) >= 11 is 0. The van der Waals surface area contributed by atoms with Gasteiger partial charge in [-0.25, -0.2) is 8.78 Å². The maximum Gasteiger partial charge on any atom is 0.132 e. The molecule has 1 atom stereocenters. The van der Waals surface area contributed by atoms with E-state index in [1.807, 2.05) is 0 Å². The van der Waals surface area contributed by atoms with Crippen molar-refractivity contribution in [1.82, 2.24) is 0 Å². The van der Waals surface area contributed by atoms with Gasteiger partial charge < -0.3 is 10.4 Å². The molecule has 0 aliphatic rings. The van der Waals surface area contributed by atoms with Crippen LogP contribution in [0, 0.1) is 24.0 Å². The summed E-state index contributed by atoms with van der Waals surface area (Å²) in [6, 6.07) is 10.3. The smallest absolute Gasteiger partial charge is 0.132 e. The number of hydrogen-bond donors (Lipinski definition) is 2. The van der Waals surface area contributed by atoms with E-state index in [4.69, 9.17) is 6.42 Å². The van der Waals surface area contributed by atoms with Gasteiger partial charge in [0.15, 0.2) is 0 Å². The lowest BCUT2D eigenvalue weighted by atomic mass is 9.90. The van der Waals surface area contributed by atoms with Crippen molar-refractivity contribution in [3.05, 3.63) is 65.2 Å². The van der Waals surface area contributed by atoms with Gasteiger partial charge in [0.2, 0.25) is 0 Å². The average molecular weight is 301 g/mol. The van der Waals surface area contributed by atoms with Crippen LogP contribution < -0.4 is 5.32 Å². The molecule has 2 aromatic carbocycles. The zero-order valence-electron chi connectivity index (χ0n) is 12.2. The van der Waals surface area contributed by atoms with E-state index in [-0.39, 0.29) is 18.5 Å². The van der Waals surface area contributed by atoms with E-state index >= 15 is 0 Å². The van der Waals surface area contributed by atoms with Crippen molar-refractivity contribution in [2.45, 2.75) is 18.9 Å². The zero-order chi connectivity index (χ0) is 16.2. The summed E-state index contributed by atoms with van der Waals surface area (Å²) in [5.74, 6) is 1.09. The van der Waals surface area contributed by atoms with Gasteiger partial charge in [-0.1, -0.05) is 25.0 Å². The molecular formula is C18H17F2NO. The van der Waals surface area contributed by atoms with E-state index in [0.717, 1.165) is 17.8 Å². The van der Waals surface area contributed by atoms with Gasteiger partial charge in [0.05, 0.1) is 0 Å². The Hall–Kier alpha value is -2.38. The third kappa shape index (κ3) is 3.44. The molecule has 2 nitrogen and oxygen atoms in total. The molecule has 0 radical (unpaired) electrons. The van der Waals surface area contributed by atoms with Gasteiger partial charge in [-0.3, -0.25) is 0 Å². The SMILES string of the molecule is C#Cc1cccc(NCC(O)(CC)c2ccc(F)cc2F)c1. The third-order valence-corrected chi connectivity index (χ3v) is 3.63. The largest absolute Gasteiger partial charge is 0.383 e. The van der Waals surface area contributed by atoms with E-state index < -0.39 is 17.2 Å². The van der Waals surface area contributed by atoms with E-state index in [1.54, 1.807) is 31.2 Å². The van der Waals surface area contributed by atoms with E-state index in [2.05, 4.69) is 11.2 Å². The molecule has 1 unspecified atom stereocenters. The molecule has 2 rings (SSSR count). The number of hydrogen-bond acceptors (Lipinski definition) is 2. The monoisotopic (exact) mass is 301 g/mol. The Kier molecular flexibility index (Phi) is 4.79. The average Bonchev–Trinajstić information content (AvgIpc) is 2.53. The number of halogens is 2. The number of rotatable bonds is 5. The number of anilines is 1. The summed E-state index contributed by atoms with van der Waals surface area (Å²) in [6.45, 7) is 1.82. The molecule has 0 aromatic heterocycles. The molecule has 0 aliphatic heterocycles. The molecule has 0 heterocycles. The first-order valence-electron chi connectivity index (χ1n) is 6.97. The molecule has 0 amide bonds. The van der Waals surface area contributed by atoms with Gasteiger partial charge in [0.25, 0.3) is 0 Å². The topological polar surface area (TPSA) is 32.3 Å². The molecule has 114 valence electrons. The standard InChI is InChI=1S/C18H17F2NO/c1-3-13-6-5-7-15(10-13)21-12-18(22,4-2)16-9-8-14(19)11-17(16)20/h1,5-11,21-22H,4,12H2,2H3. The molecule has 2 aromatic rings. The van der Waals surface area contributed by atoms with Crippen molar-refractivity contribution in [2.75, 3.05) is 11.9 Å². The molecule has 0 aliphatic carbocycles. The highest BCUT2D eigenvalue weighted by Gasteiger charge is 2.30. The van der Waals surface area contributed by atoms with Crippen LogP contribution in [0.2, 0.25) is 0 Å². The van der Waals surface area contributed by atoms with Crippen LogP contribution in [0.4, 0.5) is 14.5 Å². The number of terminal acetylenes is 1.